The van der Waals surface area contributed by atoms with E-state index in [4.69, 9.17) is 0 Å². The number of anilines is 1. The largest absolute Gasteiger partial charge is 0.382 e. The molecule has 0 spiro atoms. The highest BCUT2D eigenvalue weighted by Gasteiger charge is 2.18. The van der Waals surface area contributed by atoms with Gasteiger partial charge in [0.1, 0.15) is 0 Å². The van der Waals surface area contributed by atoms with Gasteiger partial charge in [-0.05, 0) is 57.4 Å². The van der Waals surface area contributed by atoms with Crippen LogP contribution in [0.5, 0.6) is 0 Å². The number of rotatable bonds is 4. The van der Waals surface area contributed by atoms with Crippen LogP contribution in [0.3, 0.4) is 0 Å². The minimum absolute atomic E-state index is 0.609. The van der Waals surface area contributed by atoms with Gasteiger partial charge in [-0.15, -0.1) is 0 Å². The molecule has 1 aromatic rings. The van der Waals surface area contributed by atoms with Gasteiger partial charge in [0, 0.05) is 35.8 Å². The molecule has 0 amide bonds. The van der Waals surface area contributed by atoms with E-state index in [0.717, 1.165) is 11.0 Å². The molecule has 0 atom stereocenters. The van der Waals surface area contributed by atoms with Crippen LogP contribution in [0, 0.1) is 6.92 Å². The van der Waals surface area contributed by atoms with E-state index in [1.165, 1.54) is 42.8 Å². The van der Waals surface area contributed by atoms with Gasteiger partial charge in [-0.25, -0.2) is 0 Å². The predicted molar refractivity (Wildman–Crippen MR) is 91.4 cm³/mol. The van der Waals surface area contributed by atoms with Crippen molar-refractivity contribution in [2.75, 3.05) is 25.0 Å². The molecule has 1 N–H and O–H groups in total. The highest BCUT2D eigenvalue weighted by Crippen LogP contribution is 2.23. The molecular formula is C17H25BrN2. The molecule has 0 radical (unpaired) electrons. The van der Waals surface area contributed by atoms with Gasteiger partial charge in [-0.1, -0.05) is 27.6 Å². The molecule has 3 heteroatoms. The Kier molecular flexibility index (Phi) is 5.67. The van der Waals surface area contributed by atoms with E-state index in [1.807, 2.05) is 0 Å². The van der Waals surface area contributed by atoms with Crippen LogP contribution >= 0.6 is 15.9 Å². The van der Waals surface area contributed by atoms with Gasteiger partial charge in [0.2, 0.25) is 0 Å². The van der Waals surface area contributed by atoms with E-state index in [0.29, 0.717) is 6.04 Å². The molecule has 20 heavy (non-hydrogen) atoms. The number of nitrogens with one attached hydrogen (secondary N) is 1. The third-order valence-corrected chi connectivity index (χ3v) is 4.39. The average Bonchev–Trinajstić information content (AvgIpc) is 2.41. The molecular weight excluding hydrogens is 312 g/mol. The second-order valence-electron chi connectivity index (χ2n) is 5.96. The molecule has 0 unspecified atom stereocenters. The van der Waals surface area contributed by atoms with E-state index < -0.39 is 0 Å². The highest BCUT2D eigenvalue weighted by molar-refractivity contribution is 9.10. The normalized spacial score (nSPS) is 17.0. The minimum atomic E-state index is 0.609. The molecule has 0 bridgehead atoms. The number of aryl methyl sites for hydroxylation is 1. The molecule has 2 nitrogen and oxygen atoms in total. The number of hydrogen-bond acceptors (Lipinski definition) is 2. The Bertz CT molecular complexity index is 470. The van der Waals surface area contributed by atoms with Crippen LogP contribution in [0.4, 0.5) is 5.69 Å². The summed E-state index contributed by atoms with van der Waals surface area (Å²) in [6.45, 7) is 9.99. The van der Waals surface area contributed by atoms with Crippen molar-refractivity contribution < 1.29 is 0 Å². The van der Waals surface area contributed by atoms with Crippen LogP contribution < -0.4 is 5.32 Å². The van der Waals surface area contributed by atoms with Crippen molar-refractivity contribution >= 4 is 21.6 Å². The van der Waals surface area contributed by atoms with E-state index in [1.54, 1.807) is 0 Å². The fraction of sp³-hybridized carbons (Fsp3) is 0.529. The van der Waals surface area contributed by atoms with Gasteiger partial charge in [0.05, 0.1) is 0 Å². The van der Waals surface area contributed by atoms with Gasteiger partial charge in [0.25, 0.3) is 0 Å². The monoisotopic (exact) mass is 336 g/mol. The maximum atomic E-state index is 3.70. The number of allylic oxidation sites excluding steroid dienone is 1. The van der Waals surface area contributed by atoms with Gasteiger partial charge in [-0.2, -0.15) is 0 Å². The Morgan fingerprint density at radius 2 is 2.05 bits per heavy atom. The van der Waals surface area contributed by atoms with Crippen LogP contribution in [0.2, 0.25) is 0 Å². The first kappa shape index (κ1) is 15.6. The zero-order valence-electron chi connectivity index (χ0n) is 12.7. The maximum Gasteiger partial charge on any atom is 0.0372 e. The first-order valence-corrected chi connectivity index (χ1v) is 8.22. The second-order valence-corrected chi connectivity index (χ2v) is 6.88. The Labute approximate surface area is 131 Å². The quantitative estimate of drug-likeness (QED) is 0.808. The first-order valence-electron chi connectivity index (χ1n) is 7.43. The minimum Gasteiger partial charge on any atom is -0.382 e. The molecule has 1 saturated heterocycles. The van der Waals surface area contributed by atoms with E-state index in [-0.39, 0.29) is 0 Å². The van der Waals surface area contributed by atoms with Crippen LogP contribution in [-0.2, 0) is 0 Å². The summed E-state index contributed by atoms with van der Waals surface area (Å²) < 4.78 is 1.15. The van der Waals surface area contributed by atoms with Crippen molar-refractivity contribution in [3.63, 3.8) is 0 Å². The average molecular weight is 337 g/mol. The maximum absolute atomic E-state index is 3.70. The number of likely N-dealkylation sites (tertiary alicyclic amines) is 1. The summed E-state index contributed by atoms with van der Waals surface area (Å²) in [5, 5.41) is 3.70. The Morgan fingerprint density at radius 3 is 2.65 bits per heavy atom. The topological polar surface area (TPSA) is 15.3 Å². The summed E-state index contributed by atoms with van der Waals surface area (Å²) in [6.07, 6.45) is 4.78. The van der Waals surface area contributed by atoms with Gasteiger partial charge in [0.15, 0.2) is 0 Å². The molecule has 0 saturated carbocycles. The molecule has 0 aliphatic carbocycles. The Morgan fingerprint density at radius 1 is 1.35 bits per heavy atom. The first-order chi connectivity index (χ1) is 9.54. The van der Waals surface area contributed by atoms with Gasteiger partial charge in [-0.3, -0.25) is 4.90 Å². The van der Waals surface area contributed by atoms with Crippen molar-refractivity contribution in [1.82, 2.24) is 4.90 Å². The Hall–Kier alpha value is -0.800. The molecule has 1 heterocycles. The predicted octanol–water partition coefficient (Wildman–Crippen LogP) is 4.60. The smallest absolute Gasteiger partial charge is 0.0372 e. The standard InChI is InChI=1S/C17H25BrN2/c1-13(2)6-9-20-10-7-16(8-11-20)19-17-5-4-15(18)12-14(17)3/h4-6,12,16,19H,7-11H2,1-3H3. The lowest BCUT2D eigenvalue weighted by Gasteiger charge is -2.32. The summed E-state index contributed by atoms with van der Waals surface area (Å²) >= 11 is 3.52. The zero-order chi connectivity index (χ0) is 14.5. The van der Waals surface area contributed by atoms with Crippen LogP contribution in [-0.4, -0.2) is 30.6 Å². The van der Waals surface area contributed by atoms with Crippen LogP contribution in [0.25, 0.3) is 0 Å². The molecule has 1 aliphatic heterocycles. The second kappa shape index (κ2) is 7.28. The molecule has 2 rings (SSSR count). The fourth-order valence-electron chi connectivity index (χ4n) is 2.58. The van der Waals surface area contributed by atoms with Crippen molar-refractivity contribution in [1.29, 1.82) is 0 Å². The summed E-state index contributed by atoms with van der Waals surface area (Å²) in [4.78, 5) is 2.54. The van der Waals surface area contributed by atoms with E-state index in [2.05, 4.69) is 71.2 Å². The van der Waals surface area contributed by atoms with Crippen LogP contribution in [0.1, 0.15) is 32.3 Å². The third-order valence-electron chi connectivity index (χ3n) is 3.89. The van der Waals surface area contributed by atoms with Crippen molar-refractivity contribution in [3.05, 3.63) is 39.9 Å². The summed E-state index contributed by atoms with van der Waals surface area (Å²) in [7, 11) is 0. The highest BCUT2D eigenvalue weighted by atomic mass is 79.9. The lowest BCUT2D eigenvalue weighted by Crippen LogP contribution is -2.39. The SMILES string of the molecule is CC(C)=CCN1CCC(Nc2ccc(Br)cc2C)CC1. The number of benzene rings is 1. The third kappa shape index (κ3) is 4.64. The number of halogens is 1. The van der Waals surface area contributed by atoms with Gasteiger partial charge < -0.3 is 5.32 Å². The lowest BCUT2D eigenvalue weighted by atomic mass is 10.0. The van der Waals surface area contributed by atoms with Crippen molar-refractivity contribution in [2.24, 2.45) is 0 Å². The number of piperidine rings is 1. The van der Waals surface area contributed by atoms with E-state index in [9.17, 15) is 0 Å². The number of hydrogen-bond donors (Lipinski definition) is 1. The molecule has 1 fully saturated rings. The van der Waals surface area contributed by atoms with Crippen molar-refractivity contribution in [3.8, 4) is 0 Å². The lowest BCUT2D eigenvalue weighted by molar-refractivity contribution is 0.240. The van der Waals surface area contributed by atoms with E-state index >= 15 is 0 Å². The zero-order valence-corrected chi connectivity index (χ0v) is 14.3. The summed E-state index contributed by atoms with van der Waals surface area (Å²) in [5.41, 5.74) is 4.00. The summed E-state index contributed by atoms with van der Waals surface area (Å²) in [6, 6.07) is 7.07. The van der Waals surface area contributed by atoms with Crippen LogP contribution in [0.15, 0.2) is 34.3 Å². The molecule has 1 aromatic carbocycles. The fourth-order valence-corrected chi connectivity index (χ4v) is 3.06. The molecule has 1 aliphatic rings. The van der Waals surface area contributed by atoms with Gasteiger partial charge >= 0.3 is 0 Å². The number of nitrogens with zero attached hydrogens (tertiary/aromatic N) is 1. The molecule has 0 aromatic heterocycles. The Balaban J connectivity index is 1.83. The molecule has 110 valence electrons. The summed E-state index contributed by atoms with van der Waals surface area (Å²) in [5.74, 6) is 0. The van der Waals surface area contributed by atoms with Crippen molar-refractivity contribution in [2.45, 2.75) is 39.7 Å².